The van der Waals surface area contributed by atoms with E-state index < -0.39 is 0 Å². The average Bonchev–Trinajstić information content (AvgIpc) is 3.21. The average molecular weight is 371 g/mol. The Morgan fingerprint density at radius 2 is 1.70 bits per heavy atom. The number of para-hydroxylation sites is 1. The zero-order valence-electron chi connectivity index (χ0n) is 15.7. The summed E-state index contributed by atoms with van der Waals surface area (Å²) in [7, 11) is 0. The van der Waals surface area contributed by atoms with E-state index in [4.69, 9.17) is 9.15 Å². The zero-order valence-corrected chi connectivity index (χ0v) is 15.7. The Bertz CT molecular complexity index is 760. The third-order valence-corrected chi connectivity index (χ3v) is 4.62. The van der Waals surface area contributed by atoms with Gasteiger partial charge in [-0.15, -0.1) is 0 Å². The highest BCUT2D eigenvalue weighted by Crippen LogP contribution is 2.21. The van der Waals surface area contributed by atoms with Crippen LogP contribution in [0.15, 0.2) is 41.0 Å². The maximum atomic E-state index is 12.3. The van der Waals surface area contributed by atoms with E-state index in [1.54, 1.807) is 21.9 Å². The van der Waals surface area contributed by atoms with Gasteiger partial charge in [0.25, 0.3) is 5.91 Å². The van der Waals surface area contributed by atoms with Crippen molar-refractivity contribution >= 4 is 11.9 Å². The Morgan fingerprint density at radius 3 is 2.33 bits per heavy atom. The van der Waals surface area contributed by atoms with Gasteiger partial charge in [0.1, 0.15) is 12.4 Å². The third kappa shape index (κ3) is 4.61. The number of nitrogens with one attached hydrogen (secondary N) is 1. The number of benzene rings is 1. The molecule has 0 unspecified atom stereocenters. The highest BCUT2D eigenvalue weighted by molar-refractivity contribution is 5.91. The number of hydrogen-bond acceptors (Lipinski definition) is 4. The van der Waals surface area contributed by atoms with Crippen LogP contribution >= 0.6 is 0 Å². The number of rotatable bonds is 5. The second-order valence-corrected chi connectivity index (χ2v) is 6.56. The van der Waals surface area contributed by atoms with Gasteiger partial charge in [0, 0.05) is 26.2 Å². The van der Waals surface area contributed by atoms with Gasteiger partial charge in [-0.2, -0.15) is 0 Å². The van der Waals surface area contributed by atoms with Gasteiger partial charge in [-0.1, -0.05) is 18.2 Å². The van der Waals surface area contributed by atoms with E-state index in [-0.39, 0.29) is 11.9 Å². The molecule has 1 aliphatic rings. The summed E-state index contributed by atoms with van der Waals surface area (Å²) >= 11 is 0. The van der Waals surface area contributed by atoms with E-state index in [0.29, 0.717) is 45.1 Å². The predicted molar refractivity (Wildman–Crippen MR) is 101 cm³/mol. The van der Waals surface area contributed by atoms with E-state index in [1.807, 2.05) is 32.0 Å². The van der Waals surface area contributed by atoms with Crippen molar-refractivity contribution in [3.8, 4) is 5.75 Å². The molecule has 1 aromatic carbocycles. The molecule has 3 rings (SSSR count). The van der Waals surface area contributed by atoms with Crippen molar-refractivity contribution in [3.63, 3.8) is 0 Å². The second kappa shape index (κ2) is 8.62. The monoisotopic (exact) mass is 371 g/mol. The van der Waals surface area contributed by atoms with Crippen molar-refractivity contribution in [2.75, 3.05) is 39.3 Å². The van der Waals surface area contributed by atoms with Crippen LogP contribution in [0.3, 0.4) is 0 Å². The number of furan rings is 1. The van der Waals surface area contributed by atoms with Crippen LogP contribution in [0.4, 0.5) is 4.79 Å². The Morgan fingerprint density at radius 1 is 1.04 bits per heavy atom. The first-order valence-corrected chi connectivity index (χ1v) is 9.11. The first-order chi connectivity index (χ1) is 13.1. The SMILES string of the molecule is Cc1cccc(C)c1OCCNC(=O)N1CCN(C(=O)c2ccco2)CC1. The fourth-order valence-corrected chi connectivity index (χ4v) is 3.12. The van der Waals surface area contributed by atoms with Crippen LogP contribution in [0.25, 0.3) is 0 Å². The minimum Gasteiger partial charge on any atom is -0.491 e. The van der Waals surface area contributed by atoms with E-state index in [1.165, 1.54) is 6.26 Å². The largest absolute Gasteiger partial charge is 0.491 e. The molecule has 0 radical (unpaired) electrons. The van der Waals surface area contributed by atoms with Crippen LogP contribution in [0.5, 0.6) is 5.75 Å². The normalized spacial score (nSPS) is 14.1. The molecule has 7 nitrogen and oxygen atoms in total. The molecule has 1 N–H and O–H groups in total. The summed E-state index contributed by atoms with van der Waals surface area (Å²) in [6.45, 7) is 6.82. The topological polar surface area (TPSA) is 75.0 Å². The number of ether oxygens (including phenoxy) is 1. The fourth-order valence-electron chi connectivity index (χ4n) is 3.12. The molecule has 144 valence electrons. The summed E-state index contributed by atoms with van der Waals surface area (Å²) in [5.41, 5.74) is 2.16. The molecule has 0 atom stereocenters. The molecule has 2 heterocycles. The van der Waals surface area contributed by atoms with Crippen molar-refractivity contribution in [1.82, 2.24) is 15.1 Å². The van der Waals surface area contributed by atoms with Gasteiger partial charge in [-0.3, -0.25) is 4.79 Å². The van der Waals surface area contributed by atoms with Gasteiger partial charge in [-0.05, 0) is 37.1 Å². The summed E-state index contributed by atoms with van der Waals surface area (Å²) < 4.78 is 10.9. The number of urea groups is 1. The van der Waals surface area contributed by atoms with E-state index in [2.05, 4.69) is 5.32 Å². The van der Waals surface area contributed by atoms with Gasteiger partial charge in [0.05, 0.1) is 12.8 Å². The molecule has 2 aromatic rings. The van der Waals surface area contributed by atoms with Crippen LogP contribution in [0, 0.1) is 13.8 Å². The summed E-state index contributed by atoms with van der Waals surface area (Å²) in [6, 6.07) is 9.21. The van der Waals surface area contributed by atoms with Crippen LogP contribution in [0.2, 0.25) is 0 Å². The van der Waals surface area contributed by atoms with Gasteiger partial charge in [0.15, 0.2) is 5.76 Å². The first kappa shape index (κ1) is 18.8. The number of amides is 3. The Hall–Kier alpha value is -2.96. The van der Waals surface area contributed by atoms with Crippen molar-refractivity contribution in [2.45, 2.75) is 13.8 Å². The lowest BCUT2D eigenvalue weighted by Crippen LogP contribution is -2.53. The quantitative estimate of drug-likeness (QED) is 0.819. The Labute approximate surface area is 158 Å². The van der Waals surface area contributed by atoms with Gasteiger partial charge in [0.2, 0.25) is 0 Å². The van der Waals surface area contributed by atoms with E-state index in [0.717, 1.165) is 16.9 Å². The molecular weight excluding hydrogens is 346 g/mol. The van der Waals surface area contributed by atoms with Gasteiger partial charge < -0.3 is 24.3 Å². The molecule has 0 saturated carbocycles. The summed E-state index contributed by atoms with van der Waals surface area (Å²) in [5, 5.41) is 2.87. The minimum absolute atomic E-state index is 0.134. The lowest BCUT2D eigenvalue weighted by atomic mass is 10.1. The minimum atomic E-state index is -0.137. The smallest absolute Gasteiger partial charge is 0.317 e. The van der Waals surface area contributed by atoms with Gasteiger partial charge >= 0.3 is 6.03 Å². The predicted octanol–water partition coefficient (Wildman–Crippen LogP) is 2.44. The maximum Gasteiger partial charge on any atom is 0.317 e. The number of carbonyl (C=O) groups excluding carboxylic acids is 2. The fraction of sp³-hybridized carbons (Fsp3) is 0.400. The van der Waals surface area contributed by atoms with Crippen LogP contribution in [-0.2, 0) is 0 Å². The summed E-state index contributed by atoms with van der Waals surface area (Å²) in [6.07, 6.45) is 1.48. The standard InChI is InChI=1S/C20H25N3O4/c1-15-5-3-6-16(2)18(15)27-14-8-21-20(25)23-11-9-22(10-12-23)19(24)17-7-4-13-26-17/h3-7,13H,8-12,14H2,1-2H3,(H,21,25). The summed E-state index contributed by atoms with van der Waals surface area (Å²) in [5.74, 6) is 1.07. The summed E-state index contributed by atoms with van der Waals surface area (Å²) in [4.78, 5) is 27.9. The van der Waals surface area contributed by atoms with Crippen molar-refractivity contribution in [1.29, 1.82) is 0 Å². The number of carbonyl (C=O) groups is 2. The zero-order chi connectivity index (χ0) is 19.2. The van der Waals surface area contributed by atoms with E-state index >= 15 is 0 Å². The molecule has 1 fully saturated rings. The molecule has 0 spiro atoms. The van der Waals surface area contributed by atoms with E-state index in [9.17, 15) is 9.59 Å². The Balaban J connectivity index is 1.39. The lowest BCUT2D eigenvalue weighted by Gasteiger charge is -2.34. The van der Waals surface area contributed by atoms with Gasteiger partial charge in [-0.25, -0.2) is 4.79 Å². The number of aryl methyl sites for hydroxylation is 2. The molecule has 1 aromatic heterocycles. The molecule has 27 heavy (non-hydrogen) atoms. The van der Waals surface area contributed by atoms with Crippen LogP contribution in [-0.4, -0.2) is 61.1 Å². The highest BCUT2D eigenvalue weighted by atomic mass is 16.5. The van der Waals surface area contributed by atoms with Crippen molar-refractivity contribution in [3.05, 3.63) is 53.5 Å². The van der Waals surface area contributed by atoms with Crippen molar-refractivity contribution < 1.29 is 18.7 Å². The maximum absolute atomic E-state index is 12.3. The number of nitrogens with zero attached hydrogens (tertiary/aromatic N) is 2. The third-order valence-electron chi connectivity index (χ3n) is 4.62. The molecule has 3 amide bonds. The number of piperazine rings is 1. The highest BCUT2D eigenvalue weighted by Gasteiger charge is 2.25. The Kier molecular flexibility index (Phi) is 6.01. The molecule has 0 bridgehead atoms. The molecule has 0 aliphatic carbocycles. The van der Waals surface area contributed by atoms with Crippen molar-refractivity contribution in [2.24, 2.45) is 0 Å². The second-order valence-electron chi connectivity index (χ2n) is 6.56. The van der Waals surface area contributed by atoms with Crippen LogP contribution < -0.4 is 10.1 Å². The molecule has 1 aliphatic heterocycles. The van der Waals surface area contributed by atoms with Crippen LogP contribution in [0.1, 0.15) is 21.7 Å². The molecule has 7 heteroatoms. The number of hydrogen-bond donors (Lipinski definition) is 1. The first-order valence-electron chi connectivity index (χ1n) is 9.11. The molecular formula is C20H25N3O4. The lowest BCUT2D eigenvalue weighted by molar-refractivity contribution is 0.0634. The molecule has 1 saturated heterocycles.